The fourth-order valence-corrected chi connectivity index (χ4v) is 3.53. The summed E-state index contributed by atoms with van der Waals surface area (Å²) in [4.78, 5) is 30.3. The maximum absolute atomic E-state index is 11.6. The molecule has 0 amide bonds. The summed E-state index contributed by atoms with van der Waals surface area (Å²) < 4.78 is 13.2. The van der Waals surface area contributed by atoms with Crippen LogP contribution in [0.1, 0.15) is 30.9 Å². The molecule has 6 atom stereocenters. The Bertz CT molecular complexity index is 1070. The number of nitrogens with zero attached hydrogens (tertiary/aromatic N) is 4. The highest BCUT2D eigenvalue weighted by atomic mass is 16.5. The minimum Gasteiger partial charge on any atom is -0.394 e. The zero-order valence-electron chi connectivity index (χ0n) is 17.9. The fourth-order valence-electron chi connectivity index (χ4n) is 3.53. The Morgan fingerprint density at radius 3 is 1.97 bits per heavy atom. The number of rotatable bonds is 4. The molecular weight excluding hydrogens is 440 g/mol. The lowest BCUT2D eigenvalue weighted by atomic mass is 10.2. The van der Waals surface area contributed by atoms with Gasteiger partial charge in [0.05, 0.1) is 25.4 Å². The Morgan fingerprint density at radius 2 is 1.48 bits per heavy atom. The number of aliphatic hydroxyl groups is 4. The molecule has 0 unspecified atom stereocenters. The van der Waals surface area contributed by atoms with Crippen LogP contribution >= 0.6 is 0 Å². The number of aromatic nitrogens is 4. The first-order valence-corrected chi connectivity index (χ1v) is 10.2. The number of hydrogen-bond donors (Lipinski definition) is 6. The van der Waals surface area contributed by atoms with E-state index in [2.05, 4.69) is 9.97 Å². The van der Waals surface area contributed by atoms with Crippen LogP contribution in [0.2, 0.25) is 0 Å². The van der Waals surface area contributed by atoms with Gasteiger partial charge in [-0.3, -0.25) is 9.13 Å². The van der Waals surface area contributed by atoms with Crippen LogP contribution in [0.25, 0.3) is 0 Å². The van der Waals surface area contributed by atoms with E-state index in [1.165, 1.54) is 21.4 Å². The SMILES string of the molecule is Cc1cn([C@H]2C[C@H](O)[C@@H](CO)O2)c(=O)nc1N.Nc1ccn([C@H]2C[C@H](O)[C@@H](CO)O2)c(=O)n1. The molecule has 2 fully saturated rings. The third-order valence-corrected chi connectivity index (χ3v) is 5.41. The second kappa shape index (κ2) is 10.4. The van der Waals surface area contributed by atoms with E-state index in [4.69, 9.17) is 31.2 Å². The van der Waals surface area contributed by atoms with Crippen LogP contribution in [-0.2, 0) is 9.47 Å². The molecule has 4 heterocycles. The highest BCUT2D eigenvalue weighted by molar-refractivity contribution is 5.35. The number of aryl methyl sites for hydroxylation is 1. The lowest BCUT2D eigenvalue weighted by Gasteiger charge is -2.15. The first-order chi connectivity index (χ1) is 15.6. The van der Waals surface area contributed by atoms with Gasteiger partial charge in [-0.05, 0) is 13.0 Å². The Hall–Kier alpha value is -2.88. The zero-order valence-corrected chi connectivity index (χ0v) is 17.9. The van der Waals surface area contributed by atoms with E-state index in [0.29, 0.717) is 5.56 Å². The van der Waals surface area contributed by atoms with Crippen molar-refractivity contribution < 1.29 is 29.9 Å². The Labute approximate surface area is 187 Å². The normalized spacial score (nSPS) is 29.0. The molecule has 0 aromatic carbocycles. The maximum atomic E-state index is 11.6. The van der Waals surface area contributed by atoms with Crippen molar-refractivity contribution in [2.45, 2.75) is 56.6 Å². The van der Waals surface area contributed by atoms with Crippen molar-refractivity contribution in [1.82, 2.24) is 19.1 Å². The third-order valence-electron chi connectivity index (χ3n) is 5.41. The van der Waals surface area contributed by atoms with Gasteiger partial charge in [-0.25, -0.2) is 9.59 Å². The van der Waals surface area contributed by atoms with Gasteiger partial charge in [0.15, 0.2) is 0 Å². The molecule has 0 radical (unpaired) electrons. The van der Waals surface area contributed by atoms with Crippen LogP contribution in [-0.4, -0.2) is 77.2 Å². The van der Waals surface area contributed by atoms with Gasteiger partial charge < -0.3 is 41.4 Å². The highest BCUT2D eigenvalue weighted by Crippen LogP contribution is 2.28. The lowest BCUT2D eigenvalue weighted by molar-refractivity contribution is -0.0459. The van der Waals surface area contributed by atoms with E-state index in [-0.39, 0.29) is 37.7 Å². The number of aliphatic hydroxyl groups excluding tert-OH is 4. The van der Waals surface area contributed by atoms with E-state index in [9.17, 15) is 19.8 Å². The summed E-state index contributed by atoms with van der Waals surface area (Å²) in [5.74, 6) is 0.321. The summed E-state index contributed by atoms with van der Waals surface area (Å²) in [7, 11) is 0. The summed E-state index contributed by atoms with van der Waals surface area (Å²) in [6.07, 6.45) is -0.598. The van der Waals surface area contributed by atoms with Gasteiger partial charge in [0.25, 0.3) is 0 Å². The largest absolute Gasteiger partial charge is 0.394 e. The van der Waals surface area contributed by atoms with Gasteiger partial charge in [0.2, 0.25) is 0 Å². The number of nitrogens with two attached hydrogens (primary N) is 2. The minimum absolute atomic E-state index is 0.138. The predicted octanol–water partition coefficient (Wildman–Crippen LogP) is -2.76. The fraction of sp³-hybridized carbons (Fsp3) is 0.579. The molecule has 8 N–H and O–H groups in total. The molecule has 4 rings (SSSR count). The molecule has 2 aliphatic rings. The van der Waals surface area contributed by atoms with Crippen molar-refractivity contribution in [2.24, 2.45) is 0 Å². The van der Waals surface area contributed by atoms with Crippen LogP contribution in [0, 0.1) is 6.92 Å². The number of ether oxygens (including phenoxy) is 2. The van der Waals surface area contributed by atoms with E-state index >= 15 is 0 Å². The Morgan fingerprint density at radius 1 is 0.970 bits per heavy atom. The van der Waals surface area contributed by atoms with Crippen molar-refractivity contribution in [1.29, 1.82) is 0 Å². The second-order valence-electron chi connectivity index (χ2n) is 7.77. The van der Waals surface area contributed by atoms with E-state index < -0.39 is 48.3 Å². The summed E-state index contributed by atoms with van der Waals surface area (Å²) >= 11 is 0. The quantitative estimate of drug-likeness (QED) is 0.269. The molecular formula is C19H28N6O8. The number of hydrogen-bond acceptors (Lipinski definition) is 12. The third kappa shape index (κ3) is 5.55. The van der Waals surface area contributed by atoms with Crippen molar-refractivity contribution >= 4 is 11.6 Å². The first-order valence-electron chi connectivity index (χ1n) is 10.2. The van der Waals surface area contributed by atoms with Crippen molar-refractivity contribution in [2.75, 3.05) is 24.7 Å². The van der Waals surface area contributed by atoms with Gasteiger partial charge in [-0.15, -0.1) is 0 Å². The van der Waals surface area contributed by atoms with Crippen LogP contribution in [0.3, 0.4) is 0 Å². The Kier molecular flexibility index (Phi) is 7.78. The predicted molar refractivity (Wildman–Crippen MR) is 114 cm³/mol. The highest BCUT2D eigenvalue weighted by Gasteiger charge is 2.35. The summed E-state index contributed by atoms with van der Waals surface area (Å²) in [6, 6.07) is 1.48. The van der Waals surface area contributed by atoms with E-state index in [1.54, 1.807) is 13.1 Å². The molecule has 182 valence electrons. The van der Waals surface area contributed by atoms with Gasteiger partial charge >= 0.3 is 11.4 Å². The smallest absolute Gasteiger partial charge is 0.351 e. The van der Waals surface area contributed by atoms with Crippen molar-refractivity contribution in [3.63, 3.8) is 0 Å². The summed E-state index contributed by atoms with van der Waals surface area (Å²) in [6.45, 7) is 1.16. The van der Waals surface area contributed by atoms with Crippen molar-refractivity contribution in [3.8, 4) is 0 Å². The molecule has 2 aliphatic heterocycles. The molecule has 0 bridgehead atoms. The monoisotopic (exact) mass is 468 g/mol. The van der Waals surface area contributed by atoms with Crippen molar-refractivity contribution in [3.05, 3.63) is 45.0 Å². The van der Waals surface area contributed by atoms with Crippen LogP contribution in [0.15, 0.2) is 28.0 Å². The van der Waals surface area contributed by atoms with Gasteiger partial charge in [0, 0.05) is 30.8 Å². The molecule has 2 saturated heterocycles. The molecule has 0 aliphatic carbocycles. The molecule has 33 heavy (non-hydrogen) atoms. The number of anilines is 2. The lowest BCUT2D eigenvalue weighted by Crippen LogP contribution is -2.28. The Balaban J connectivity index is 0.000000186. The van der Waals surface area contributed by atoms with Gasteiger partial charge in [0.1, 0.15) is 36.3 Å². The summed E-state index contributed by atoms with van der Waals surface area (Å²) in [5, 5.41) is 37.0. The van der Waals surface area contributed by atoms with Crippen LogP contribution in [0.4, 0.5) is 11.6 Å². The van der Waals surface area contributed by atoms with Gasteiger partial charge in [-0.2, -0.15) is 9.97 Å². The molecule has 14 heteroatoms. The summed E-state index contributed by atoms with van der Waals surface area (Å²) in [5.41, 5.74) is 10.5. The van der Waals surface area contributed by atoms with Crippen LogP contribution < -0.4 is 22.8 Å². The molecule has 0 saturated carbocycles. The molecule has 2 aromatic rings. The molecule has 14 nitrogen and oxygen atoms in total. The maximum Gasteiger partial charge on any atom is 0.351 e. The second-order valence-corrected chi connectivity index (χ2v) is 7.77. The average Bonchev–Trinajstić information content (AvgIpc) is 3.32. The first kappa shape index (κ1) is 24.8. The van der Waals surface area contributed by atoms with E-state index in [0.717, 1.165) is 0 Å². The minimum atomic E-state index is -0.783. The van der Waals surface area contributed by atoms with Gasteiger partial charge in [-0.1, -0.05) is 0 Å². The molecule has 0 spiro atoms. The standard InChI is InChI=1S/C10H15N3O4.C9H13N3O4/c1-5-3-13(10(16)12-9(5)11)8-2-6(15)7(4-14)17-8;10-7-1-2-12(9(15)11-7)8-3-5(14)6(4-13)16-8/h3,6-8,14-15H,2,4H2,1H3,(H2,11,12,16);1-2,5-6,8,13-14H,3-4H2,(H2,10,11,15)/t6-,7+,8+;5-,6+,8+/m00/s1. The molecule has 2 aromatic heterocycles. The average molecular weight is 468 g/mol. The topological polar surface area (TPSA) is 221 Å². The van der Waals surface area contributed by atoms with Crippen LogP contribution in [0.5, 0.6) is 0 Å². The number of nitrogen functional groups attached to an aromatic ring is 2. The zero-order chi connectivity index (χ0) is 24.3. The van der Waals surface area contributed by atoms with E-state index in [1.807, 2.05) is 0 Å².